The summed E-state index contributed by atoms with van der Waals surface area (Å²) in [4.78, 5) is 12.7. The van der Waals surface area contributed by atoms with Gasteiger partial charge in [0.2, 0.25) is 0 Å². The van der Waals surface area contributed by atoms with E-state index >= 15 is 0 Å². The van der Waals surface area contributed by atoms with Crippen LogP contribution in [0.2, 0.25) is 0 Å². The Labute approximate surface area is 121 Å². The molecule has 0 aliphatic carbocycles. The summed E-state index contributed by atoms with van der Waals surface area (Å²) in [6, 6.07) is 7.65. The number of rotatable bonds is 4. The Kier molecular flexibility index (Phi) is 4.27. The van der Waals surface area contributed by atoms with E-state index in [0.29, 0.717) is 6.54 Å². The normalized spacial score (nSPS) is 23.4. The number of hydrogen-bond donors (Lipinski definition) is 1. The fraction of sp³-hybridized carbons (Fsp3) is 0.533. The molecule has 0 amide bonds. The predicted octanol–water partition coefficient (Wildman–Crippen LogP) is 3.09. The number of likely N-dealkylation sites (tertiary alicyclic amines) is 1. The van der Waals surface area contributed by atoms with Crippen LogP contribution in [0.1, 0.15) is 24.5 Å². The van der Waals surface area contributed by atoms with Crippen molar-refractivity contribution in [3.8, 4) is 0 Å². The van der Waals surface area contributed by atoms with Gasteiger partial charge in [0.1, 0.15) is 0 Å². The molecule has 116 valence electrons. The maximum atomic E-state index is 13.1. The van der Waals surface area contributed by atoms with E-state index in [9.17, 15) is 18.0 Å². The number of carbonyl (C=O) groups is 1. The van der Waals surface area contributed by atoms with Gasteiger partial charge in [-0.05, 0) is 24.0 Å². The Morgan fingerprint density at radius 1 is 1.29 bits per heavy atom. The summed E-state index contributed by atoms with van der Waals surface area (Å²) in [7, 11) is 0. The molecule has 1 aliphatic rings. The topological polar surface area (TPSA) is 40.5 Å². The fourth-order valence-electron chi connectivity index (χ4n) is 2.69. The molecule has 1 aliphatic heterocycles. The summed E-state index contributed by atoms with van der Waals surface area (Å²) in [5.74, 6) is -1.78. The quantitative estimate of drug-likeness (QED) is 0.929. The molecule has 1 fully saturated rings. The Morgan fingerprint density at radius 3 is 2.29 bits per heavy atom. The van der Waals surface area contributed by atoms with Crippen LogP contribution in [-0.4, -0.2) is 35.2 Å². The molecule has 3 nitrogen and oxygen atoms in total. The fourth-order valence-corrected chi connectivity index (χ4v) is 2.69. The highest BCUT2D eigenvalue weighted by Gasteiger charge is 2.63. The van der Waals surface area contributed by atoms with Crippen molar-refractivity contribution in [2.24, 2.45) is 5.41 Å². The summed E-state index contributed by atoms with van der Waals surface area (Å²) >= 11 is 0. The van der Waals surface area contributed by atoms with E-state index in [1.54, 1.807) is 4.90 Å². The van der Waals surface area contributed by atoms with Crippen molar-refractivity contribution in [2.45, 2.75) is 32.5 Å². The molecule has 0 bridgehead atoms. The molecule has 1 aromatic carbocycles. The summed E-state index contributed by atoms with van der Waals surface area (Å²) in [6.07, 6.45) is -4.21. The van der Waals surface area contributed by atoms with Gasteiger partial charge in [-0.15, -0.1) is 0 Å². The van der Waals surface area contributed by atoms with Crippen LogP contribution in [-0.2, 0) is 17.8 Å². The summed E-state index contributed by atoms with van der Waals surface area (Å²) in [5.41, 5.74) is -0.568. The number of halogens is 3. The minimum Gasteiger partial charge on any atom is -0.481 e. The van der Waals surface area contributed by atoms with E-state index in [4.69, 9.17) is 5.11 Å². The Bertz CT molecular complexity index is 513. The van der Waals surface area contributed by atoms with Gasteiger partial charge in [0.15, 0.2) is 5.41 Å². The Morgan fingerprint density at radius 2 is 1.86 bits per heavy atom. The van der Waals surface area contributed by atoms with Crippen LogP contribution in [0.3, 0.4) is 0 Å². The lowest BCUT2D eigenvalue weighted by Gasteiger charge is -2.27. The van der Waals surface area contributed by atoms with Crippen molar-refractivity contribution < 1.29 is 23.1 Å². The third kappa shape index (κ3) is 3.05. The lowest BCUT2D eigenvalue weighted by Crippen LogP contribution is -2.47. The van der Waals surface area contributed by atoms with Crippen molar-refractivity contribution in [1.82, 2.24) is 4.90 Å². The number of hydrogen-bond acceptors (Lipinski definition) is 2. The van der Waals surface area contributed by atoms with Crippen LogP contribution in [0.25, 0.3) is 0 Å². The molecule has 1 heterocycles. The molecule has 0 radical (unpaired) electrons. The van der Waals surface area contributed by atoms with E-state index in [0.717, 1.165) is 17.5 Å². The maximum absolute atomic E-state index is 13.1. The van der Waals surface area contributed by atoms with Gasteiger partial charge in [0.25, 0.3) is 0 Å². The highest BCUT2D eigenvalue weighted by Crippen LogP contribution is 2.45. The van der Waals surface area contributed by atoms with Gasteiger partial charge in [-0.25, -0.2) is 0 Å². The van der Waals surface area contributed by atoms with Crippen molar-refractivity contribution >= 4 is 5.97 Å². The molecule has 0 aromatic heterocycles. The zero-order valence-electron chi connectivity index (χ0n) is 11.8. The van der Waals surface area contributed by atoms with Crippen LogP contribution in [0.4, 0.5) is 13.2 Å². The number of carboxylic acids is 1. The average molecular weight is 301 g/mol. The van der Waals surface area contributed by atoms with Crippen molar-refractivity contribution in [3.05, 3.63) is 35.4 Å². The largest absolute Gasteiger partial charge is 0.481 e. The van der Waals surface area contributed by atoms with E-state index < -0.39 is 30.5 Å². The number of aryl methyl sites for hydroxylation is 1. The molecule has 21 heavy (non-hydrogen) atoms. The van der Waals surface area contributed by atoms with Gasteiger partial charge >= 0.3 is 12.1 Å². The summed E-state index contributed by atoms with van der Waals surface area (Å²) < 4.78 is 39.2. The molecular weight excluding hydrogens is 283 g/mol. The smallest absolute Gasteiger partial charge is 0.406 e. The third-order valence-corrected chi connectivity index (χ3v) is 4.14. The van der Waals surface area contributed by atoms with Crippen LogP contribution >= 0.6 is 0 Å². The SMILES string of the molecule is CCc1ccc(CN2CCC(C(=O)O)(C(F)(F)F)C2)cc1. The molecule has 6 heteroatoms. The van der Waals surface area contributed by atoms with Crippen LogP contribution < -0.4 is 0 Å². The molecule has 1 atom stereocenters. The maximum Gasteiger partial charge on any atom is 0.406 e. The predicted molar refractivity (Wildman–Crippen MR) is 71.8 cm³/mol. The van der Waals surface area contributed by atoms with Gasteiger partial charge in [-0.3, -0.25) is 9.69 Å². The van der Waals surface area contributed by atoms with E-state index in [2.05, 4.69) is 0 Å². The van der Waals surface area contributed by atoms with Crippen LogP contribution in [0.5, 0.6) is 0 Å². The molecule has 1 N–H and O–H groups in total. The molecular formula is C15H18F3NO2. The summed E-state index contributed by atoms with van der Waals surface area (Å²) in [5, 5.41) is 9.00. The first-order valence-electron chi connectivity index (χ1n) is 6.89. The Balaban J connectivity index is 2.09. The highest BCUT2D eigenvalue weighted by atomic mass is 19.4. The minimum absolute atomic E-state index is 0.140. The molecule has 1 aromatic rings. The molecule has 1 unspecified atom stereocenters. The standard InChI is InChI=1S/C15H18F3NO2/c1-2-11-3-5-12(6-4-11)9-19-8-7-14(10-19,13(20)21)15(16,17)18/h3-6H,2,7-10H2,1H3,(H,20,21). The zero-order valence-corrected chi connectivity index (χ0v) is 11.8. The van der Waals surface area contributed by atoms with Gasteiger partial charge in [-0.1, -0.05) is 31.2 Å². The lowest BCUT2D eigenvalue weighted by molar-refractivity contribution is -0.227. The van der Waals surface area contributed by atoms with Crippen molar-refractivity contribution in [2.75, 3.05) is 13.1 Å². The number of carboxylic acid groups (broad SMARTS) is 1. The van der Waals surface area contributed by atoms with Crippen molar-refractivity contribution in [3.63, 3.8) is 0 Å². The Hall–Kier alpha value is -1.56. The van der Waals surface area contributed by atoms with E-state index in [1.807, 2.05) is 31.2 Å². The van der Waals surface area contributed by atoms with Gasteiger partial charge < -0.3 is 5.11 Å². The minimum atomic E-state index is -4.72. The van der Waals surface area contributed by atoms with Gasteiger partial charge in [0, 0.05) is 19.6 Å². The first kappa shape index (κ1) is 15.8. The number of nitrogens with zero attached hydrogens (tertiary/aromatic N) is 1. The first-order valence-corrected chi connectivity index (χ1v) is 6.89. The van der Waals surface area contributed by atoms with Gasteiger partial charge in [0.05, 0.1) is 0 Å². The summed E-state index contributed by atoms with van der Waals surface area (Å²) in [6.45, 7) is 2.03. The average Bonchev–Trinajstić information content (AvgIpc) is 2.84. The van der Waals surface area contributed by atoms with E-state index in [1.165, 1.54) is 0 Å². The van der Waals surface area contributed by atoms with Crippen LogP contribution in [0, 0.1) is 5.41 Å². The monoisotopic (exact) mass is 301 g/mol. The number of aliphatic carboxylic acids is 1. The van der Waals surface area contributed by atoms with Gasteiger partial charge in [-0.2, -0.15) is 13.2 Å². The number of alkyl halides is 3. The zero-order chi connectivity index (χ0) is 15.7. The second-order valence-corrected chi connectivity index (χ2v) is 5.52. The second kappa shape index (κ2) is 5.67. The number of benzene rings is 1. The molecule has 1 saturated heterocycles. The lowest BCUT2D eigenvalue weighted by atomic mass is 9.86. The molecule has 0 spiro atoms. The first-order chi connectivity index (χ1) is 9.78. The highest BCUT2D eigenvalue weighted by molar-refractivity contribution is 5.76. The van der Waals surface area contributed by atoms with Crippen molar-refractivity contribution in [1.29, 1.82) is 0 Å². The molecule has 0 saturated carbocycles. The second-order valence-electron chi connectivity index (χ2n) is 5.52. The van der Waals surface area contributed by atoms with Crippen LogP contribution in [0.15, 0.2) is 24.3 Å². The third-order valence-electron chi connectivity index (χ3n) is 4.14. The molecule has 2 rings (SSSR count). The van der Waals surface area contributed by atoms with E-state index in [-0.39, 0.29) is 6.54 Å².